The van der Waals surface area contributed by atoms with E-state index in [0.717, 1.165) is 3.57 Å². The van der Waals surface area contributed by atoms with Crippen molar-refractivity contribution >= 4 is 57.3 Å². The number of amides is 1. The van der Waals surface area contributed by atoms with E-state index in [-0.39, 0.29) is 11.5 Å². The fraction of sp³-hybridized carbons (Fsp3) is 0. The van der Waals surface area contributed by atoms with Crippen molar-refractivity contribution in [1.29, 1.82) is 0 Å². The molecular weight excluding hydrogens is 498 g/mol. The summed E-state index contributed by atoms with van der Waals surface area (Å²) in [5.74, 6) is -0.182. The lowest BCUT2D eigenvalue weighted by Gasteiger charge is -2.03. The van der Waals surface area contributed by atoms with Crippen molar-refractivity contribution in [2.24, 2.45) is 5.10 Å². The predicted octanol–water partition coefficient (Wildman–Crippen LogP) is 3.07. The average molecular weight is 508 g/mol. The van der Waals surface area contributed by atoms with Gasteiger partial charge in [-0.05, 0) is 81.6 Å². The molecule has 1 amide bonds. The number of rotatable bonds is 3. The molecule has 0 bridgehead atoms. The van der Waals surface area contributed by atoms with Gasteiger partial charge in [0, 0.05) is 14.7 Å². The van der Waals surface area contributed by atoms with Crippen LogP contribution in [-0.4, -0.2) is 22.3 Å². The molecule has 2 aromatic rings. The Balaban J connectivity index is 2.09. The monoisotopic (exact) mass is 508 g/mol. The molecule has 0 fully saturated rings. The standard InChI is InChI=1S/C14H10I2N2O3/c15-10-5-9(13(20)12(16)6-10)7-17-18-14(21)8-1-3-11(19)4-2-8/h1-7,19-20H,(H,18,21). The summed E-state index contributed by atoms with van der Waals surface area (Å²) in [6.07, 6.45) is 1.39. The van der Waals surface area contributed by atoms with Crippen molar-refractivity contribution in [3.8, 4) is 11.5 Å². The van der Waals surface area contributed by atoms with E-state index in [1.807, 2.05) is 28.7 Å². The molecule has 0 atom stereocenters. The van der Waals surface area contributed by atoms with Crippen LogP contribution < -0.4 is 5.43 Å². The third-order valence-electron chi connectivity index (χ3n) is 2.56. The van der Waals surface area contributed by atoms with Gasteiger partial charge in [0.15, 0.2) is 0 Å². The largest absolute Gasteiger partial charge is 0.508 e. The number of halogens is 2. The Kier molecular flexibility index (Phi) is 5.39. The highest BCUT2D eigenvalue weighted by atomic mass is 127. The smallest absolute Gasteiger partial charge is 0.271 e. The van der Waals surface area contributed by atoms with Crippen LogP contribution in [0.15, 0.2) is 41.5 Å². The van der Waals surface area contributed by atoms with E-state index in [1.54, 1.807) is 6.07 Å². The van der Waals surface area contributed by atoms with Gasteiger partial charge in [0.1, 0.15) is 11.5 Å². The van der Waals surface area contributed by atoms with Crippen LogP contribution in [0.4, 0.5) is 0 Å². The van der Waals surface area contributed by atoms with Crippen molar-refractivity contribution in [2.75, 3.05) is 0 Å². The van der Waals surface area contributed by atoms with Crippen LogP contribution in [-0.2, 0) is 0 Å². The lowest BCUT2D eigenvalue weighted by Crippen LogP contribution is -2.17. The van der Waals surface area contributed by atoms with Crippen molar-refractivity contribution in [2.45, 2.75) is 0 Å². The summed E-state index contributed by atoms with van der Waals surface area (Å²) in [4.78, 5) is 11.8. The zero-order valence-corrected chi connectivity index (χ0v) is 14.9. The Bertz CT molecular complexity index is 700. The number of carbonyl (C=O) groups is 1. The molecular formula is C14H10I2N2O3. The molecule has 21 heavy (non-hydrogen) atoms. The van der Waals surface area contributed by atoms with Gasteiger partial charge in [-0.25, -0.2) is 5.43 Å². The van der Waals surface area contributed by atoms with Crippen molar-refractivity contribution < 1.29 is 15.0 Å². The fourth-order valence-corrected chi connectivity index (χ4v) is 3.41. The van der Waals surface area contributed by atoms with Crippen LogP contribution in [0.5, 0.6) is 11.5 Å². The van der Waals surface area contributed by atoms with E-state index in [0.29, 0.717) is 14.7 Å². The molecule has 0 heterocycles. The van der Waals surface area contributed by atoms with Gasteiger partial charge in [0.05, 0.1) is 9.78 Å². The Morgan fingerprint density at radius 1 is 1.14 bits per heavy atom. The maximum Gasteiger partial charge on any atom is 0.271 e. The first-order valence-electron chi connectivity index (χ1n) is 5.78. The quantitative estimate of drug-likeness (QED) is 0.339. The van der Waals surface area contributed by atoms with Gasteiger partial charge in [-0.1, -0.05) is 0 Å². The Morgan fingerprint density at radius 3 is 2.48 bits per heavy atom. The van der Waals surface area contributed by atoms with E-state index in [4.69, 9.17) is 5.11 Å². The van der Waals surface area contributed by atoms with Crippen LogP contribution in [0.3, 0.4) is 0 Å². The summed E-state index contributed by atoms with van der Waals surface area (Å²) >= 11 is 4.16. The summed E-state index contributed by atoms with van der Waals surface area (Å²) in [5, 5.41) is 22.9. The molecule has 0 aliphatic rings. The van der Waals surface area contributed by atoms with Crippen molar-refractivity contribution in [3.63, 3.8) is 0 Å². The average Bonchev–Trinajstić information content (AvgIpc) is 2.44. The highest BCUT2D eigenvalue weighted by Gasteiger charge is 2.06. The van der Waals surface area contributed by atoms with Crippen LogP contribution in [0.25, 0.3) is 0 Å². The lowest BCUT2D eigenvalue weighted by molar-refractivity contribution is 0.0955. The van der Waals surface area contributed by atoms with E-state index in [1.165, 1.54) is 30.5 Å². The molecule has 0 saturated carbocycles. The number of nitrogens with zero attached hydrogens (tertiary/aromatic N) is 1. The van der Waals surface area contributed by atoms with Gasteiger partial charge in [0.2, 0.25) is 0 Å². The Labute approximate surface area is 148 Å². The molecule has 3 N–H and O–H groups in total. The molecule has 0 aromatic heterocycles. The van der Waals surface area contributed by atoms with Gasteiger partial charge in [-0.2, -0.15) is 5.10 Å². The SMILES string of the molecule is O=C(NN=Cc1cc(I)cc(I)c1O)c1ccc(O)cc1. The fourth-order valence-electron chi connectivity index (χ4n) is 1.52. The maximum atomic E-state index is 11.8. The second-order valence-corrected chi connectivity index (χ2v) is 6.48. The van der Waals surface area contributed by atoms with E-state index in [9.17, 15) is 9.90 Å². The summed E-state index contributed by atoms with van der Waals surface area (Å²) < 4.78 is 1.67. The minimum atomic E-state index is -0.397. The molecule has 0 radical (unpaired) electrons. The molecule has 2 rings (SSSR count). The molecule has 0 unspecified atom stereocenters. The van der Waals surface area contributed by atoms with Crippen LogP contribution in [0, 0.1) is 7.14 Å². The summed E-state index contributed by atoms with van der Waals surface area (Å²) in [5.41, 5.74) is 3.27. The van der Waals surface area contributed by atoms with E-state index in [2.05, 4.69) is 33.1 Å². The van der Waals surface area contributed by atoms with Crippen LogP contribution in [0.2, 0.25) is 0 Å². The molecule has 0 spiro atoms. The number of hydrazone groups is 1. The molecule has 0 saturated heterocycles. The minimum Gasteiger partial charge on any atom is -0.508 e. The zero-order valence-electron chi connectivity index (χ0n) is 10.5. The Hall–Kier alpha value is -1.36. The summed E-state index contributed by atoms with van der Waals surface area (Å²) in [6.45, 7) is 0. The number of aromatic hydroxyl groups is 2. The summed E-state index contributed by atoms with van der Waals surface area (Å²) in [6, 6.07) is 9.42. The number of hydrogen-bond donors (Lipinski definition) is 3. The van der Waals surface area contributed by atoms with E-state index >= 15 is 0 Å². The first kappa shape index (κ1) is 16.0. The molecule has 5 nitrogen and oxygen atoms in total. The number of nitrogens with one attached hydrogen (secondary N) is 1. The van der Waals surface area contributed by atoms with Crippen LogP contribution in [0.1, 0.15) is 15.9 Å². The number of carbonyl (C=O) groups excluding carboxylic acids is 1. The number of hydrogen-bond acceptors (Lipinski definition) is 4. The first-order chi connectivity index (χ1) is 9.97. The summed E-state index contributed by atoms with van der Waals surface area (Å²) in [7, 11) is 0. The van der Waals surface area contributed by atoms with Gasteiger partial charge >= 0.3 is 0 Å². The second kappa shape index (κ2) is 7.07. The number of phenols is 2. The third-order valence-corrected chi connectivity index (χ3v) is 4.00. The lowest BCUT2D eigenvalue weighted by atomic mass is 10.2. The zero-order chi connectivity index (χ0) is 15.4. The third kappa shape index (κ3) is 4.30. The highest BCUT2D eigenvalue weighted by Crippen LogP contribution is 2.25. The topological polar surface area (TPSA) is 81.9 Å². The molecule has 0 aliphatic heterocycles. The maximum absolute atomic E-state index is 11.8. The molecule has 7 heteroatoms. The van der Waals surface area contributed by atoms with Crippen molar-refractivity contribution in [3.05, 3.63) is 54.7 Å². The van der Waals surface area contributed by atoms with Crippen LogP contribution >= 0.6 is 45.2 Å². The van der Waals surface area contributed by atoms with Crippen molar-refractivity contribution in [1.82, 2.24) is 5.43 Å². The first-order valence-corrected chi connectivity index (χ1v) is 7.93. The van der Waals surface area contributed by atoms with E-state index < -0.39 is 5.91 Å². The number of phenolic OH excluding ortho intramolecular Hbond substituents is 2. The highest BCUT2D eigenvalue weighted by molar-refractivity contribution is 14.1. The van der Waals surface area contributed by atoms with Gasteiger partial charge < -0.3 is 10.2 Å². The normalized spacial score (nSPS) is 10.8. The molecule has 0 aliphatic carbocycles. The second-order valence-electron chi connectivity index (χ2n) is 4.07. The van der Waals surface area contributed by atoms with Gasteiger partial charge in [0.25, 0.3) is 5.91 Å². The molecule has 2 aromatic carbocycles. The van der Waals surface area contributed by atoms with Gasteiger partial charge in [-0.3, -0.25) is 4.79 Å². The predicted molar refractivity (Wildman–Crippen MR) is 96.7 cm³/mol. The molecule has 108 valence electrons. The van der Waals surface area contributed by atoms with Gasteiger partial charge in [-0.15, -0.1) is 0 Å². The minimum absolute atomic E-state index is 0.0911. The Morgan fingerprint density at radius 2 is 1.81 bits per heavy atom. The number of benzene rings is 2.